The second-order valence-electron chi connectivity index (χ2n) is 7.39. The van der Waals surface area contributed by atoms with Crippen LogP contribution in [0.2, 0.25) is 0 Å². The first-order valence-electron chi connectivity index (χ1n) is 10.1. The third kappa shape index (κ3) is 6.48. The van der Waals surface area contributed by atoms with Gasteiger partial charge >= 0.3 is 0 Å². The van der Waals surface area contributed by atoms with E-state index in [9.17, 15) is 14.9 Å². The Balaban J connectivity index is 1.77. The minimum Gasteiger partial charge on any atom is -0.375 e. The van der Waals surface area contributed by atoms with Crippen molar-refractivity contribution >= 4 is 40.9 Å². The SMILES string of the molecule is C=C(NC(CCc1ccccc1)C(=O)S)c1ccc([N+](=O)[O-])c(Sc2ccc(C)cc2)c1. The van der Waals surface area contributed by atoms with Gasteiger partial charge in [-0.3, -0.25) is 14.9 Å². The lowest BCUT2D eigenvalue weighted by Crippen LogP contribution is -2.33. The number of thiol groups is 1. The van der Waals surface area contributed by atoms with Gasteiger partial charge in [-0.1, -0.05) is 66.4 Å². The van der Waals surface area contributed by atoms with Gasteiger partial charge in [-0.05, 0) is 55.2 Å². The average Bonchev–Trinajstić information content (AvgIpc) is 2.78. The van der Waals surface area contributed by atoms with Crippen molar-refractivity contribution in [1.29, 1.82) is 0 Å². The van der Waals surface area contributed by atoms with Crippen LogP contribution in [-0.2, 0) is 11.2 Å². The Morgan fingerprint density at radius 2 is 1.81 bits per heavy atom. The lowest BCUT2D eigenvalue weighted by Gasteiger charge is -2.19. The first-order chi connectivity index (χ1) is 15.3. The molecule has 0 aromatic heterocycles. The predicted molar refractivity (Wildman–Crippen MR) is 133 cm³/mol. The fourth-order valence-electron chi connectivity index (χ4n) is 3.17. The topological polar surface area (TPSA) is 72.2 Å². The molecule has 0 aliphatic carbocycles. The summed E-state index contributed by atoms with van der Waals surface area (Å²) in [6, 6.07) is 22.0. The molecule has 0 spiro atoms. The van der Waals surface area contributed by atoms with Crippen LogP contribution in [-0.4, -0.2) is 16.1 Å². The van der Waals surface area contributed by atoms with E-state index in [-0.39, 0.29) is 10.8 Å². The zero-order chi connectivity index (χ0) is 23.1. The normalized spacial score (nSPS) is 11.6. The quantitative estimate of drug-likeness (QED) is 0.216. The van der Waals surface area contributed by atoms with Gasteiger partial charge < -0.3 is 5.32 Å². The van der Waals surface area contributed by atoms with Crippen LogP contribution in [0.4, 0.5) is 5.69 Å². The van der Waals surface area contributed by atoms with Crippen molar-refractivity contribution < 1.29 is 9.72 Å². The summed E-state index contributed by atoms with van der Waals surface area (Å²) in [4.78, 5) is 24.6. The fraction of sp³-hybridized carbons (Fsp3) is 0.160. The maximum atomic E-state index is 12.1. The summed E-state index contributed by atoms with van der Waals surface area (Å²) in [5, 5.41) is 14.4. The Kier molecular flexibility index (Phi) is 8.14. The Morgan fingerprint density at radius 3 is 2.44 bits per heavy atom. The molecule has 3 aromatic rings. The van der Waals surface area contributed by atoms with Crippen LogP contribution in [0.15, 0.2) is 89.2 Å². The zero-order valence-corrected chi connectivity index (χ0v) is 19.4. The number of carbonyl (C=O) groups is 1. The number of aryl methyl sites for hydroxylation is 2. The van der Waals surface area contributed by atoms with Crippen LogP contribution >= 0.6 is 24.4 Å². The van der Waals surface area contributed by atoms with Crippen molar-refractivity contribution in [1.82, 2.24) is 5.32 Å². The van der Waals surface area contributed by atoms with Crippen LogP contribution < -0.4 is 5.32 Å². The minimum atomic E-state index is -0.519. The fourth-order valence-corrected chi connectivity index (χ4v) is 4.33. The molecule has 0 fully saturated rings. The third-order valence-corrected chi connectivity index (χ3v) is 6.33. The van der Waals surface area contributed by atoms with Gasteiger partial charge in [-0.2, -0.15) is 0 Å². The molecule has 0 aliphatic heterocycles. The van der Waals surface area contributed by atoms with Gasteiger partial charge in [-0.15, -0.1) is 12.6 Å². The molecule has 0 bridgehead atoms. The van der Waals surface area contributed by atoms with Gasteiger partial charge in [0.25, 0.3) is 5.69 Å². The highest BCUT2D eigenvalue weighted by atomic mass is 32.2. The van der Waals surface area contributed by atoms with Gasteiger partial charge in [0.1, 0.15) is 0 Å². The van der Waals surface area contributed by atoms with Crippen LogP contribution in [0.1, 0.15) is 23.1 Å². The van der Waals surface area contributed by atoms with Crippen molar-refractivity contribution in [2.24, 2.45) is 0 Å². The zero-order valence-electron chi connectivity index (χ0n) is 17.7. The van der Waals surface area contributed by atoms with Crippen molar-refractivity contribution in [2.45, 2.75) is 35.6 Å². The van der Waals surface area contributed by atoms with Gasteiger partial charge in [0.2, 0.25) is 5.12 Å². The second kappa shape index (κ2) is 11.0. The molecule has 3 aromatic carbocycles. The molecular formula is C25H24N2O3S2. The molecule has 1 unspecified atom stereocenters. The molecule has 5 nitrogen and oxygen atoms in total. The summed E-state index contributed by atoms with van der Waals surface area (Å²) < 4.78 is 0. The molecule has 0 radical (unpaired) electrons. The summed E-state index contributed by atoms with van der Waals surface area (Å²) >= 11 is 5.35. The van der Waals surface area contributed by atoms with Crippen molar-refractivity contribution in [3.05, 3.63) is 106 Å². The number of nitro benzene ring substituents is 1. The van der Waals surface area contributed by atoms with E-state index in [4.69, 9.17) is 0 Å². The molecular weight excluding hydrogens is 440 g/mol. The summed E-state index contributed by atoms with van der Waals surface area (Å²) in [5.41, 5.74) is 3.48. The third-order valence-electron chi connectivity index (χ3n) is 4.96. The number of hydrogen-bond acceptors (Lipinski definition) is 5. The van der Waals surface area contributed by atoms with E-state index < -0.39 is 11.0 Å². The summed E-state index contributed by atoms with van der Waals surface area (Å²) in [5.74, 6) is 0. The molecule has 7 heteroatoms. The van der Waals surface area contributed by atoms with E-state index in [1.54, 1.807) is 12.1 Å². The van der Waals surface area contributed by atoms with Gasteiger partial charge in [0.05, 0.1) is 15.9 Å². The predicted octanol–water partition coefficient (Wildman–Crippen LogP) is 6.07. The van der Waals surface area contributed by atoms with Crippen LogP contribution in [0.5, 0.6) is 0 Å². The van der Waals surface area contributed by atoms with E-state index in [1.165, 1.54) is 17.8 Å². The number of nitrogens with zero attached hydrogens (tertiary/aromatic N) is 1. The summed E-state index contributed by atoms with van der Waals surface area (Å²) in [7, 11) is 0. The summed E-state index contributed by atoms with van der Waals surface area (Å²) in [6.07, 6.45) is 1.27. The molecule has 0 amide bonds. The number of benzene rings is 3. The average molecular weight is 465 g/mol. The number of nitrogens with one attached hydrogen (secondary N) is 1. The first kappa shape index (κ1) is 23.6. The Bertz CT molecular complexity index is 1120. The van der Waals surface area contributed by atoms with Gasteiger partial charge in [0.15, 0.2) is 0 Å². The highest BCUT2D eigenvalue weighted by Crippen LogP contribution is 2.36. The molecule has 0 saturated heterocycles. The van der Waals surface area contributed by atoms with E-state index in [0.717, 1.165) is 16.0 Å². The lowest BCUT2D eigenvalue weighted by atomic mass is 10.0. The maximum absolute atomic E-state index is 12.1. The second-order valence-corrected chi connectivity index (χ2v) is 8.95. The van der Waals surface area contributed by atoms with Crippen molar-refractivity contribution in [3.8, 4) is 0 Å². The lowest BCUT2D eigenvalue weighted by molar-refractivity contribution is -0.387. The molecule has 164 valence electrons. The number of carbonyl (C=O) groups excluding carboxylic acids is 1. The number of hydrogen-bond donors (Lipinski definition) is 2. The van der Waals surface area contributed by atoms with Crippen LogP contribution in [0, 0.1) is 17.0 Å². The molecule has 3 rings (SSSR count). The van der Waals surface area contributed by atoms with E-state index in [0.29, 0.717) is 29.0 Å². The molecule has 0 aliphatic rings. The summed E-state index contributed by atoms with van der Waals surface area (Å²) in [6.45, 7) is 6.05. The van der Waals surface area contributed by atoms with E-state index in [1.807, 2.05) is 61.5 Å². The Morgan fingerprint density at radius 1 is 1.12 bits per heavy atom. The largest absolute Gasteiger partial charge is 0.375 e. The number of rotatable bonds is 10. The molecule has 1 atom stereocenters. The Hall–Kier alpha value is -3.03. The van der Waals surface area contributed by atoms with Crippen molar-refractivity contribution in [2.75, 3.05) is 0 Å². The highest BCUT2D eigenvalue weighted by Gasteiger charge is 2.19. The van der Waals surface area contributed by atoms with Crippen molar-refractivity contribution in [3.63, 3.8) is 0 Å². The van der Waals surface area contributed by atoms with E-state index >= 15 is 0 Å². The Labute approximate surface area is 197 Å². The molecule has 1 N–H and O–H groups in total. The standard InChI is InChI=1S/C25H24N2O3S2/c1-17-8-12-21(13-9-17)32-24-16-20(11-15-23(24)27(29)30)18(2)26-22(25(28)31)14-10-19-6-4-3-5-7-19/h3-9,11-13,15-16,22,26H,2,10,14H2,1H3,(H,28,31). The highest BCUT2D eigenvalue weighted by molar-refractivity contribution is 7.99. The number of nitro groups is 1. The minimum absolute atomic E-state index is 0.0259. The molecule has 32 heavy (non-hydrogen) atoms. The van der Waals surface area contributed by atoms with Gasteiger partial charge in [0, 0.05) is 16.7 Å². The molecule has 0 saturated carbocycles. The first-order valence-corrected chi connectivity index (χ1v) is 11.4. The monoisotopic (exact) mass is 464 g/mol. The van der Waals surface area contributed by atoms with Gasteiger partial charge in [-0.25, -0.2) is 0 Å². The molecule has 0 heterocycles. The van der Waals surface area contributed by atoms with Crippen LogP contribution in [0.25, 0.3) is 5.70 Å². The smallest absolute Gasteiger partial charge is 0.283 e. The van der Waals surface area contributed by atoms with Crippen LogP contribution in [0.3, 0.4) is 0 Å². The van der Waals surface area contributed by atoms with E-state index in [2.05, 4.69) is 24.5 Å². The maximum Gasteiger partial charge on any atom is 0.283 e.